The first-order chi connectivity index (χ1) is 7.66. The first-order valence-corrected chi connectivity index (χ1v) is 6.78. The fourth-order valence-corrected chi connectivity index (χ4v) is 3.37. The van der Waals surface area contributed by atoms with Gasteiger partial charge in [0.25, 0.3) is 0 Å². The lowest BCUT2D eigenvalue weighted by Crippen LogP contribution is -2.44. The molecule has 4 unspecified atom stereocenters. The number of hydrogen-bond acceptors (Lipinski definition) is 3. The van der Waals surface area contributed by atoms with Gasteiger partial charge in [0.2, 0.25) is 0 Å². The number of aliphatic hydroxyl groups excluding tert-OH is 1. The number of rotatable bonds is 3. The van der Waals surface area contributed by atoms with E-state index in [0.29, 0.717) is 6.04 Å². The molecule has 0 aromatic heterocycles. The average Bonchev–Trinajstić information content (AvgIpc) is 2.64. The monoisotopic (exact) mass is 226 g/mol. The van der Waals surface area contributed by atoms with Crippen LogP contribution in [-0.2, 0) is 0 Å². The van der Waals surface area contributed by atoms with Crippen molar-refractivity contribution in [3.8, 4) is 0 Å². The van der Waals surface area contributed by atoms with Crippen LogP contribution in [-0.4, -0.2) is 48.3 Å². The summed E-state index contributed by atoms with van der Waals surface area (Å²) in [5.74, 6) is 0.838. The summed E-state index contributed by atoms with van der Waals surface area (Å²) in [6.07, 6.45) is 6.34. The van der Waals surface area contributed by atoms with E-state index >= 15 is 0 Å². The summed E-state index contributed by atoms with van der Waals surface area (Å²) >= 11 is 0. The molecule has 2 fully saturated rings. The molecule has 4 atom stereocenters. The Morgan fingerprint density at radius 3 is 2.69 bits per heavy atom. The van der Waals surface area contributed by atoms with Crippen molar-refractivity contribution in [1.29, 1.82) is 0 Å². The summed E-state index contributed by atoms with van der Waals surface area (Å²) in [4.78, 5) is 2.51. The lowest BCUT2D eigenvalue weighted by atomic mass is 9.85. The topological polar surface area (TPSA) is 35.5 Å². The Balaban J connectivity index is 1.80. The largest absolute Gasteiger partial charge is 0.392 e. The first kappa shape index (κ1) is 12.3. The van der Waals surface area contributed by atoms with E-state index in [-0.39, 0.29) is 6.10 Å². The highest BCUT2D eigenvalue weighted by Crippen LogP contribution is 2.27. The standard InChI is InChI=1S/C13H26N2O/c1-10-5-3-4-6-13(10)15(2)9-11-7-12(16)8-14-11/h10-14,16H,3-9H2,1-2H3. The average molecular weight is 226 g/mol. The third kappa shape index (κ3) is 2.96. The van der Waals surface area contributed by atoms with Crippen LogP contribution in [0.3, 0.4) is 0 Å². The molecule has 2 aliphatic rings. The summed E-state index contributed by atoms with van der Waals surface area (Å²) in [5.41, 5.74) is 0. The Bertz CT molecular complexity index is 222. The summed E-state index contributed by atoms with van der Waals surface area (Å²) in [5, 5.41) is 12.9. The van der Waals surface area contributed by atoms with Gasteiger partial charge in [-0.3, -0.25) is 0 Å². The number of β-amino-alcohol motifs (C(OH)–C–C–N with tert-alkyl or cyclic N) is 1. The molecule has 2 rings (SSSR count). The van der Waals surface area contributed by atoms with Crippen molar-refractivity contribution in [3.63, 3.8) is 0 Å². The van der Waals surface area contributed by atoms with Gasteiger partial charge in [0, 0.05) is 25.2 Å². The van der Waals surface area contributed by atoms with Gasteiger partial charge in [0.15, 0.2) is 0 Å². The van der Waals surface area contributed by atoms with Crippen LogP contribution in [0, 0.1) is 5.92 Å². The van der Waals surface area contributed by atoms with Crippen LogP contribution in [0.2, 0.25) is 0 Å². The molecule has 2 N–H and O–H groups in total. The van der Waals surface area contributed by atoms with E-state index in [2.05, 4.69) is 24.2 Å². The number of hydrogen-bond donors (Lipinski definition) is 2. The smallest absolute Gasteiger partial charge is 0.0680 e. The molecule has 1 saturated carbocycles. The van der Waals surface area contributed by atoms with Gasteiger partial charge in [-0.2, -0.15) is 0 Å². The number of likely N-dealkylation sites (N-methyl/N-ethyl adjacent to an activating group) is 1. The zero-order valence-corrected chi connectivity index (χ0v) is 10.7. The molecule has 0 spiro atoms. The van der Waals surface area contributed by atoms with Crippen LogP contribution < -0.4 is 5.32 Å². The third-order valence-electron chi connectivity index (χ3n) is 4.34. The molecule has 0 amide bonds. The quantitative estimate of drug-likeness (QED) is 0.759. The zero-order valence-electron chi connectivity index (χ0n) is 10.7. The maximum atomic E-state index is 9.49. The molecule has 94 valence electrons. The van der Waals surface area contributed by atoms with Crippen molar-refractivity contribution in [2.75, 3.05) is 20.1 Å². The molecule has 1 aliphatic heterocycles. The number of aliphatic hydroxyl groups is 1. The second-order valence-corrected chi connectivity index (χ2v) is 5.76. The molecule has 1 heterocycles. The number of nitrogens with zero attached hydrogens (tertiary/aromatic N) is 1. The highest BCUT2D eigenvalue weighted by atomic mass is 16.3. The summed E-state index contributed by atoms with van der Waals surface area (Å²) in [7, 11) is 2.25. The summed E-state index contributed by atoms with van der Waals surface area (Å²) < 4.78 is 0. The summed E-state index contributed by atoms with van der Waals surface area (Å²) in [6, 6.07) is 1.25. The van der Waals surface area contributed by atoms with Gasteiger partial charge in [0.1, 0.15) is 0 Å². The van der Waals surface area contributed by atoms with Crippen LogP contribution in [0.25, 0.3) is 0 Å². The highest BCUT2D eigenvalue weighted by molar-refractivity contribution is 4.86. The van der Waals surface area contributed by atoms with Crippen molar-refractivity contribution >= 4 is 0 Å². The van der Waals surface area contributed by atoms with Crippen LogP contribution >= 0.6 is 0 Å². The van der Waals surface area contributed by atoms with Gasteiger partial charge >= 0.3 is 0 Å². The Labute approximate surface area is 99.2 Å². The normalized spacial score (nSPS) is 40.5. The minimum atomic E-state index is -0.123. The fraction of sp³-hybridized carbons (Fsp3) is 1.00. The minimum absolute atomic E-state index is 0.123. The van der Waals surface area contributed by atoms with Gasteiger partial charge in [-0.25, -0.2) is 0 Å². The van der Waals surface area contributed by atoms with Crippen molar-refractivity contribution in [1.82, 2.24) is 10.2 Å². The van der Waals surface area contributed by atoms with E-state index in [1.165, 1.54) is 25.7 Å². The van der Waals surface area contributed by atoms with E-state index in [4.69, 9.17) is 0 Å². The fourth-order valence-electron chi connectivity index (χ4n) is 3.37. The van der Waals surface area contributed by atoms with Crippen molar-refractivity contribution in [2.24, 2.45) is 5.92 Å². The van der Waals surface area contributed by atoms with Crippen molar-refractivity contribution in [3.05, 3.63) is 0 Å². The van der Waals surface area contributed by atoms with E-state index in [9.17, 15) is 5.11 Å². The van der Waals surface area contributed by atoms with Gasteiger partial charge in [-0.1, -0.05) is 19.8 Å². The molecular weight excluding hydrogens is 200 g/mol. The first-order valence-electron chi connectivity index (χ1n) is 6.78. The molecular formula is C13H26N2O. The number of nitrogens with one attached hydrogen (secondary N) is 1. The van der Waals surface area contributed by atoms with Crippen LogP contribution in [0.1, 0.15) is 39.0 Å². The van der Waals surface area contributed by atoms with Gasteiger partial charge in [0.05, 0.1) is 6.10 Å². The molecule has 0 bridgehead atoms. The Hall–Kier alpha value is -0.120. The third-order valence-corrected chi connectivity index (χ3v) is 4.34. The molecule has 1 saturated heterocycles. The van der Waals surface area contributed by atoms with E-state index < -0.39 is 0 Å². The molecule has 3 heteroatoms. The highest BCUT2D eigenvalue weighted by Gasteiger charge is 2.29. The van der Waals surface area contributed by atoms with Crippen molar-refractivity contribution in [2.45, 2.75) is 57.2 Å². The van der Waals surface area contributed by atoms with E-state index in [1.54, 1.807) is 0 Å². The minimum Gasteiger partial charge on any atom is -0.392 e. The maximum absolute atomic E-state index is 9.49. The molecule has 0 aromatic carbocycles. The molecule has 0 aromatic rings. The summed E-state index contributed by atoms with van der Waals surface area (Å²) in [6.45, 7) is 4.25. The lowest BCUT2D eigenvalue weighted by molar-refractivity contribution is 0.127. The molecule has 3 nitrogen and oxygen atoms in total. The second-order valence-electron chi connectivity index (χ2n) is 5.76. The lowest BCUT2D eigenvalue weighted by Gasteiger charge is -2.37. The predicted molar refractivity (Wildman–Crippen MR) is 66.5 cm³/mol. The molecule has 1 aliphatic carbocycles. The maximum Gasteiger partial charge on any atom is 0.0680 e. The second kappa shape index (κ2) is 5.48. The van der Waals surface area contributed by atoms with Crippen LogP contribution in [0.15, 0.2) is 0 Å². The SMILES string of the molecule is CC1CCCCC1N(C)CC1CC(O)CN1. The van der Waals surface area contributed by atoms with E-state index in [0.717, 1.165) is 31.5 Å². The van der Waals surface area contributed by atoms with Crippen LogP contribution in [0.4, 0.5) is 0 Å². The zero-order chi connectivity index (χ0) is 11.5. The van der Waals surface area contributed by atoms with E-state index in [1.807, 2.05) is 0 Å². The molecule has 0 radical (unpaired) electrons. The van der Waals surface area contributed by atoms with Gasteiger partial charge in [-0.15, -0.1) is 0 Å². The molecule has 16 heavy (non-hydrogen) atoms. The van der Waals surface area contributed by atoms with Crippen LogP contribution in [0.5, 0.6) is 0 Å². The Kier molecular flexibility index (Phi) is 4.22. The van der Waals surface area contributed by atoms with Gasteiger partial charge in [-0.05, 0) is 32.2 Å². The Morgan fingerprint density at radius 2 is 2.06 bits per heavy atom. The van der Waals surface area contributed by atoms with Gasteiger partial charge < -0.3 is 15.3 Å². The Morgan fingerprint density at radius 1 is 1.31 bits per heavy atom. The van der Waals surface area contributed by atoms with Crippen molar-refractivity contribution < 1.29 is 5.11 Å². The predicted octanol–water partition coefficient (Wildman–Crippen LogP) is 1.22.